The molecule has 35 heavy (non-hydrogen) atoms. The Hall–Kier alpha value is -3.54. The Balaban J connectivity index is 1.69. The number of carboxylic acids is 1. The maximum Gasteiger partial charge on any atom is 0.335 e. The first-order valence-electron chi connectivity index (χ1n) is 10.5. The highest BCUT2D eigenvalue weighted by atomic mass is 35.5. The molecule has 184 valence electrons. The number of amides is 1. The van der Waals surface area contributed by atoms with Crippen molar-refractivity contribution in [3.63, 3.8) is 0 Å². The average Bonchev–Trinajstić information content (AvgIpc) is 2.80. The quantitative estimate of drug-likeness (QED) is 0.394. The third-order valence-corrected chi connectivity index (χ3v) is 7.00. The Morgan fingerprint density at radius 3 is 2.46 bits per heavy atom. The van der Waals surface area contributed by atoms with Gasteiger partial charge in [-0.15, -0.1) is 0 Å². The van der Waals surface area contributed by atoms with Crippen LogP contribution < -0.4 is 15.6 Å². The summed E-state index contributed by atoms with van der Waals surface area (Å²) in [5.41, 5.74) is 1.09. The van der Waals surface area contributed by atoms with Crippen LogP contribution in [0.3, 0.4) is 0 Å². The van der Waals surface area contributed by atoms with Gasteiger partial charge in [-0.25, -0.2) is 22.6 Å². The number of hydrogen-bond donors (Lipinski definition) is 3. The van der Waals surface area contributed by atoms with E-state index < -0.39 is 33.5 Å². The number of carboxylic acid groups (broad SMARTS) is 1. The SMILES string of the molecule is Cc1ccc(NC(=O)[C@H](C)n2ncc(Cl)cc2=O)cc1S(=O)(=O)NCCc1ccc(C(=O)O)cc1. The topological polar surface area (TPSA) is 147 Å². The molecule has 3 N–H and O–H groups in total. The average molecular weight is 519 g/mol. The van der Waals surface area contributed by atoms with E-state index >= 15 is 0 Å². The van der Waals surface area contributed by atoms with E-state index in [1.807, 2.05) is 0 Å². The van der Waals surface area contributed by atoms with E-state index in [1.165, 1.54) is 31.3 Å². The molecule has 0 radical (unpaired) electrons. The third kappa shape index (κ3) is 6.53. The van der Waals surface area contributed by atoms with Crippen molar-refractivity contribution in [2.45, 2.75) is 31.2 Å². The zero-order chi connectivity index (χ0) is 25.8. The second kappa shape index (κ2) is 10.8. The van der Waals surface area contributed by atoms with Crippen LogP contribution in [0.25, 0.3) is 0 Å². The molecular weight excluding hydrogens is 496 g/mol. The lowest BCUT2D eigenvalue weighted by atomic mass is 10.1. The van der Waals surface area contributed by atoms with Crippen LogP contribution in [0.15, 0.2) is 64.4 Å². The molecule has 10 nitrogen and oxygen atoms in total. The summed E-state index contributed by atoms with van der Waals surface area (Å²) in [6, 6.07) is 10.8. The summed E-state index contributed by atoms with van der Waals surface area (Å²) >= 11 is 5.73. The van der Waals surface area contributed by atoms with Gasteiger partial charge in [-0.2, -0.15) is 5.10 Å². The summed E-state index contributed by atoms with van der Waals surface area (Å²) in [6.45, 7) is 3.20. The van der Waals surface area contributed by atoms with Gasteiger partial charge in [-0.1, -0.05) is 29.8 Å². The minimum absolute atomic E-state index is 0.00837. The maximum absolute atomic E-state index is 12.9. The Morgan fingerprint density at radius 2 is 1.83 bits per heavy atom. The fraction of sp³-hybridized carbons (Fsp3) is 0.217. The van der Waals surface area contributed by atoms with Crippen LogP contribution in [0.1, 0.15) is 34.5 Å². The van der Waals surface area contributed by atoms with Gasteiger partial charge >= 0.3 is 5.97 Å². The zero-order valence-corrected chi connectivity index (χ0v) is 20.4. The molecule has 2 aromatic carbocycles. The lowest BCUT2D eigenvalue weighted by Crippen LogP contribution is -2.33. The number of benzene rings is 2. The summed E-state index contributed by atoms with van der Waals surface area (Å²) in [7, 11) is -3.90. The van der Waals surface area contributed by atoms with Crippen LogP contribution in [0, 0.1) is 6.92 Å². The predicted octanol–water partition coefficient (Wildman–Crippen LogP) is 2.62. The monoisotopic (exact) mass is 518 g/mol. The van der Waals surface area contributed by atoms with Crippen LogP contribution in [0.5, 0.6) is 0 Å². The summed E-state index contributed by atoms with van der Waals surface area (Å²) in [5.74, 6) is -1.60. The highest BCUT2D eigenvalue weighted by molar-refractivity contribution is 7.89. The van der Waals surface area contributed by atoms with Gasteiger partial charge < -0.3 is 10.4 Å². The maximum atomic E-state index is 12.9. The van der Waals surface area contributed by atoms with Crippen molar-refractivity contribution >= 4 is 39.2 Å². The molecule has 0 saturated carbocycles. The smallest absolute Gasteiger partial charge is 0.335 e. The Bertz CT molecular complexity index is 1420. The van der Waals surface area contributed by atoms with E-state index in [2.05, 4.69) is 15.1 Å². The van der Waals surface area contributed by atoms with E-state index in [1.54, 1.807) is 31.2 Å². The second-order valence-electron chi connectivity index (χ2n) is 7.75. The normalized spacial score (nSPS) is 12.2. The number of rotatable bonds is 9. The van der Waals surface area contributed by atoms with Crippen LogP contribution in [-0.4, -0.2) is 41.7 Å². The number of carbonyl (C=O) groups excluding carboxylic acids is 1. The molecule has 0 aliphatic heterocycles. The first kappa shape index (κ1) is 26.1. The van der Waals surface area contributed by atoms with Gasteiger partial charge in [0.25, 0.3) is 5.56 Å². The van der Waals surface area contributed by atoms with Gasteiger partial charge in [0.15, 0.2) is 0 Å². The lowest BCUT2D eigenvalue weighted by Gasteiger charge is -2.15. The number of anilines is 1. The van der Waals surface area contributed by atoms with Crippen molar-refractivity contribution in [3.8, 4) is 0 Å². The van der Waals surface area contributed by atoms with Gasteiger partial charge in [0.1, 0.15) is 6.04 Å². The van der Waals surface area contributed by atoms with Gasteiger partial charge in [0.2, 0.25) is 15.9 Å². The van der Waals surface area contributed by atoms with E-state index in [0.717, 1.165) is 16.3 Å². The second-order valence-corrected chi connectivity index (χ2v) is 9.92. The number of hydrogen-bond acceptors (Lipinski definition) is 6. The number of sulfonamides is 1. The number of halogens is 1. The molecule has 1 amide bonds. The molecule has 3 rings (SSSR count). The third-order valence-electron chi connectivity index (χ3n) is 5.19. The molecule has 0 aliphatic rings. The molecule has 0 unspecified atom stereocenters. The summed E-state index contributed by atoms with van der Waals surface area (Å²) < 4.78 is 29.3. The molecule has 0 bridgehead atoms. The number of nitrogens with zero attached hydrogens (tertiary/aromatic N) is 2. The van der Waals surface area contributed by atoms with Crippen molar-refractivity contribution in [2.24, 2.45) is 0 Å². The number of aromatic carboxylic acids is 1. The predicted molar refractivity (Wildman–Crippen MR) is 130 cm³/mol. The van der Waals surface area contributed by atoms with E-state index in [4.69, 9.17) is 16.7 Å². The molecule has 0 aliphatic carbocycles. The van der Waals surface area contributed by atoms with Crippen molar-refractivity contribution in [1.29, 1.82) is 0 Å². The van der Waals surface area contributed by atoms with Crippen LogP contribution in [0.4, 0.5) is 5.69 Å². The zero-order valence-electron chi connectivity index (χ0n) is 18.9. The minimum atomic E-state index is -3.90. The molecule has 0 spiro atoms. The Kier molecular flexibility index (Phi) is 8.05. The fourth-order valence-corrected chi connectivity index (χ4v) is 4.67. The molecule has 12 heteroatoms. The Labute approximate surface area is 206 Å². The highest BCUT2D eigenvalue weighted by Crippen LogP contribution is 2.21. The largest absolute Gasteiger partial charge is 0.478 e. The standard InChI is InChI=1S/C23H23ClN4O6S/c1-14-3-8-19(27-22(30)15(2)28-21(29)11-18(24)13-25-28)12-20(14)35(33,34)26-10-9-16-4-6-17(7-5-16)23(31)32/h3-8,11-13,15,26H,9-10H2,1-2H3,(H,27,30)(H,31,32)/t15-/m0/s1. The molecule has 0 fully saturated rings. The molecule has 1 atom stereocenters. The van der Waals surface area contributed by atoms with E-state index in [9.17, 15) is 22.8 Å². The van der Waals surface area contributed by atoms with Crippen molar-refractivity contribution in [1.82, 2.24) is 14.5 Å². The molecule has 1 heterocycles. The molecule has 1 aromatic heterocycles. The van der Waals surface area contributed by atoms with E-state index in [-0.39, 0.29) is 27.7 Å². The fourth-order valence-electron chi connectivity index (χ4n) is 3.23. The highest BCUT2D eigenvalue weighted by Gasteiger charge is 2.21. The number of aromatic nitrogens is 2. The van der Waals surface area contributed by atoms with Crippen molar-refractivity contribution in [3.05, 3.63) is 86.8 Å². The molecule has 0 saturated heterocycles. The number of carbonyl (C=O) groups is 2. The summed E-state index contributed by atoms with van der Waals surface area (Å²) in [4.78, 5) is 35.6. The molecule has 3 aromatic rings. The minimum Gasteiger partial charge on any atom is -0.478 e. The first-order valence-corrected chi connectivity index (χ1v) is 12.3. The first-order chi connectivity index (χ1) is 16.5. The Morgan fingerprint density at radius 1 is 1.14 bits per heavy atom. The van der Waals surface area contributed by atoms with Crippen molar-refractivity contribution in [2.75, 3.05) is 11.9 Å². The molecular formula is C23H23ClN4O6S. The van der Waals surface area contributed by atoms with Crippen molar-refractivity contribution < 1.29 is 23.1 Å². The van der Waals surface area contributed by atoms with Gasteiger partial charge in [0.05, 0.1) is 21.7 Å². The van der Waals surface area contributed by atoms with Crippen LogP contribution in [0.2, 0.25) is 5.02 Å². The van der Waals surface area contributed by atoms with Crippen LogP contribution >= 0.6 is 11.6 Å². The number of aryl methyl sites for hydroxylation is 1. The van der Waals surface area contributed by atoms with Crippen LogP contribution in [-0.2, 0) is 21.2 Å². The lowest BCUT2D eigenvalue weighted by molar-refractivity contribution is -0.119. The van der Waals surface area contributed by atoms with Gasteiger partial charge in [0, 0.05) is 18.3 Å². The van der Waals surface area contributed by atoms with Gasteiger partial charge in [-0.3, -0.25) is 9.59 Å². The summed E-state index contributed by atoms with van der Waals surface area (Å²) in [6.07, 6.45) is 1.60. The number of nitrogens with one attached hydrogen (secondary N) is 2. The van der Waals surface area contributed by atoms with E-state index in [0.29, 0.717) is 12.0 Å². The van der Waals surface area contributed by atoms with Gasteiger partial charge in [-0.05, 0) is 55.7 Å². The summed E-state index contributed by atoms with van der Waals surface area (Å²) in [5, 5.41) is 15.6.